The van der Waals surface area contributed by atoms with E-state index in [0.717, 1.165) is 38.0 Å². The van der Waals surface area contributed by atoms with Crippen molar-refractivity contribution in [2.45, 2.75) is 52.0 Å². The maximum Gasteiger partial charge on any atom is 0.237 e. The summed E-state index contributed by atoms with van der Waals surface area (Å²) in [6.07, 6.45) is 3.55. The van der Waals surface area contributed by atoms with Crippen LogP contribution in [-0.2, 0) is 11.2 Å². The van der Waals surface area contributed by atoms with E-state index in [1.807, 2.05) is 26.0 Å². The number of aryl methyl sites for hydroxylation is 1. The van der Waals surface area contributed by atoms with Crippen molar-refractivity contribution in [3.05, 3.63) is 29.8 Å². The van der Waals surface area contributed by atoms with Gasteiger partial charge in [-0.2, -0.15) is 0 Å². The summed E-state index contributed by atoms with van der Waals surface area (Å²) in [6, 6.07) is 8.17. The van der Waals surface area contributed by atoms with Crippen LogP contribution in [0, 0.1) is 0 Å². The fourth-order valence-electron chi connectivity index (χ4n) is 2.31. The van der Waals surface area contributed by atoms with E-state index < -0.39 is 5.54 Å². The van der Waals surface area contributed by atoms with Gasteiger partial charge in [0.05, 0.1) is 12.1 Å². The summed E-state index contributed by atoms with van der Waals surface area (Å²) in [5.74, 6) is 0.625. The number of rotatable bonds is 10. The lowest BCUT2D eigenvalue weighted by Crippen LogP contribution is -2.53. The minimum absolute atomic E-state index is 0.291. The van der Waals surface area contributed by atoms with Crippen LogP contribution in [0.1, 0.15) is 45.6 Å². The van der Waals surface area contributed by atoms with Crippen molar-refractivity contribution in [3.63, 3.8) is 0 Å². The summed E-state index contributed by atoms with van der Waals surface area (Å²) < 4.78 is 5.75. The van der Waals surface area contributed by atoms with E-state index >= 15 is 0 Å². The van der Waals surface area contributed by atoms with Crippen molar-refractivity contribution in [2.75, 3.05) is 13.2 Å². The molecule has 1 unspecified atom stereocenters. The molecule has 3 N–H and O–H groups in total. The molecule has 1 aromatic rings. The number of hydrogen-bond acceptors (Lipinski definition) is 3. The van der Waals surface area contributed by atoms with Gasteiger partial charge in [0.1, 0.15) is 5.75 Å². The first-order valence-corrected chi connectivity index (χ1v) is 7.78. The topological polar surface area (TPSA) is 64.3 Å². The first-order chi connectivity index (χ1) is 10.0. The highest BCUT2D eigenvalue weighted by Crippen LogP contribution is 2.16. The number of unbranched alkanes of at least 4 members (excludes halogenated alkanes) is 1. The van der Waals surface area contributed by atoms with Crippen molar-refractivity contribution in [2.24, 2.45) is 5.73 Å². The monoisotopic (exact) mass is 292 g/mol. The molecule has 0 heterocycles. The summed E-state index contributed by atoms with van der Waals surface area (Å²) in [6.45, 7) is 7.37. The zero-order valence-corrected chi connectivity index (χ0v) is 13.4. The minimum Gasteiger partial charge on any atom is -0.494 e. The highest BCUT2D eigenvalue weighted by molar-refractivity contribution is 5.84. The number of likely N-dealkylation sites (N-methyl/N-ethyl adjacent to an activating group) is 1. The average molecular weight is 292 g/mol. The Morgan fingerprint density at radius 3 is 2.71 bits per heavy atom. The van der Waals surface area contributed by atoms with Crippen LogP contribution in [0.25, 0.3) is 0 Å². The number of carbonyl (C=O) groups is 1. The van der Waals surface area contributed by atoms with Crippen LogP contribution >= 0.6 is 0 Å². The second kappa shape index (κ2) is 8.67. The Labute approximate surface area is 128 Å². The lowest BCUT2D eigenvalue weighted by Gasteiger charge is -2.26. The predicted octanol–water partition coefficient (Wildman–Crippen LogP) is 2.65. The third-order valence-corrected chi connectivity index (χ3v) is 3.76. The van der Waals surface area contributed by atoms with Gasteiger partial charge in [0, 0.05) is 0 Å². The average Bonchev–Trinajstić information content (AvgIpc) is 2.47. The number of primary amides is 1. The van der Waals surface area contributed by atoms with Crippen LogP contribution in [0.5, 0.6) is 5.75 Å². The molecule has 0 saturated heterocycles. The standard InChI is InChI=1S/C17H28N2O2/c1-4-14-9-8-10-15(13-14)21-12-7-6-11-17(3,16(18)20)19-5-2/h8-10,13,19H,4-7,11-12H2,1-3H3,(H2,18,20). The number of nitrogens with one attached hydrogen (secondary N) is 1. The smallest absolute Gasteiger partial charge is 0.237 e. The molecule has 0 aliphatic carbocycles. The first kappa shape index (κ1) is 17.5. The van der Waals surface area contributed by atoms with Crippen LogP contribution in [0.3, 0.4) is 0 Å². The van der Waals surface area contributed by atoms with Crippen LogP contribution in [0.2, 0.25) is 0 Å². The van der Waals surface area contributed by atoms with Crippen LogP contribution in [0.15, 0.2) is 24.3 Å². The van der Waals surface area contributed by atoms with Gasteiger partial charge in [0.25, 0.3) is 0 Å². The first-order valence-electron chi connectivity index (χ1n) is 7.78. The van der Waals surface area contributed by atoms with E-state index in [1.165, 1.54) is 5.56 Å². The molecule has 1 aromatic carbocycles. The highest BCUT2D eigenvalue weighted by Gasteiger charge is 2.28. The maximum absolute atomic E-state index is 11.5. The summed E-state index contributed by atoms with van der Waals surface area (Å²) >= 11 is 0. The molecular formula is C17H28N2O2. The zero-order chi connectivity index (χ0) is 15.7. The van der Waals surface area contributed by atoms with E-state index in [4.69, 9.17) is 10.5 Å². The van der Waals surface area contributed by atoms with Crippen molar-refractivity contribution < 1.29 is 9.53 Å². The molecule has 0 spiro atoms. The third-order valence-electron chi connectivity index (χ3n) is 3.76. The normalized spacial score (nSPS) is 13.7. The van der Waals surface area contributed by atoms with Crippen molar-refractivity contribution >= 4 is 5.91 Å². The molecule has 0 aliphatic rings. The molecule has 4 heteroatoms. The Morgan fingerprint density at radius 2 is 2.10 bits per heavy atom. The lowest BCUT2D eigenvalue weighted by atomic mass is 9.94. The van der Waals surface area contributed by atoms with Gasteiger partial charge in [-0.3, -0.25) is 4.79 Å². The number of ether oxygens (including phenoxy) is 1. The molecule has 4 nitrogen and oxygen atoms in total. The number of hydrogen-bond donors (Lipinski definition) is 2. The molecule has 0 aromatic heterocycles. The number of benzene rings is 1. The molecule has 0 aliphatic heterocycles. The summed E-state index contributed by atoms with van der Waals surface area (Å²) in [4.78, 5) is 11.5. The Balaban J connectivity index is 2.32. The van der Waals surface area contributed by atoms with Crippen molar-refractivity contribution in [1.29, 1.82) is 0 Å². The zero-order valence-electron chi connectivity index (χ0n) is 13.4. The lowest BCUT2D eigenvalue weighted by molar-refractivity contribution is -0.124. The minimum atomic E-state index is -0.614. The van der Waals surface area contributed by atoms with Gasteiger partial charge in [-0.1, -0.05) is 26.0 Å². The molecule has 0 bridgehead atoms. The molecule has 1 rings (SSSR count). The molecule has 0 radical (unpaired) electrons. The molecular weight excluding hydrogens is 264 g/mol. The summed E-state index contributed by atoms with van der Waals surface area (Å²) in [5, 5.41) is 3.17. The van der Waals surface area contributed by atoms with Crippen LogP contribution in [-0.4, -0.2) is 24.6 Å². The van der Waals surface area contributed by atoms with E-state index in [1.54, 1.807) is 0 Å². The second-order valence-corrected chi connectivity index (χ2v) is 5.53. The fourth-order valence-corrected chi connectivity index (χ4v) is 2.31. The summed E-state index contributed by atoms with van der Waals surface area (Å²) in [7, 11) is 0. The largest absolute Gasteiger partial charge is 0.494 e. The number of carbonyl (C=O) groups excluding carboxylic acids is 1. The molecule has 0 fully saturated rings. The quantitative estimate of drug-likeness (QED) is 0.652. The Hall–Kier alpha value is -1.55. The molecule has 21 heavy (non-hydrogen) atoms. The molecule has 0 saturated carbocycles. The molecule has 1 amide bonds. The van der Waals surface area contributed by atoms with Gasteiger partial charge in [-0.25, -0.2) is 0 Å². The summed E-state index contributed by atoms with van der Waals surface area (Å²) in [5.41, 5.74) is 6.13. The van der Waals surface area contributed by atoms with E-state index in [2.05, 4.69) is 24.4 Å². The second-order valence-electron chi connectivity index (χ2n) is 5.53. The van der Waals surface area contributed by atoms with Gasteiger partial charge < -0.3 is 15.8 Å². The van der Waals surface area contributed by atoms with Gasteiger partial charge in [0.15, 0.2) is 0 Å². The number of amides is 1. The Bertz CT molecular complexity index is 448. The maximum atomic E-state index is 11.5. The van der Waals surface area contributed by atoms with Gasteiger partial charge in [-0.15, -0.1) is 0 Å². The highest BCUT2D eigenvalue weighted by atomic mass is 16.5. The van der Waals surface area contributed by atoms with Gasteiger partial charge in [-0.05, 0) is 56.8 Å². The van der Waals surface area contributed by atoms with Crippen molar-refractivity contribution in [1.82, 2.24) is 5.32 Å². The van der Waals surface area contributed by atoms with Gasteiger partial charge in [0.2, 0.25) is 5.91 Å². The third kappa shape index (κ3) is 5.76. The van der Waals surface area contributed by atoms with Gasteiger partial charge >= 0.3 is 0 Å². The van der Waals surface area contributed by atoms with E-state index in [-0.39, 0.29) is 5.91 Å². The molecule has 118 valence electrons. The SMILES string of the molecule is CCNC(C)(CCCCOc1cccc(CC)c1)C(N)=O. The van der Waals surface area contributed by atoms with Crippen LogP contribution in [0.4, 0.5) is 0 Å². The fraction of sp³-hybridized carbons (Fsp3) is 0.588. The Morgan fingerprint density at radius 1 is 1.33 bits per heavy atom. The van der Waals surface area contributed by atoms with Crippen molar-refractivity contribution in [3.8, 4) is 5.75 Å². The van der Waals surface area contributed by atoms with E-state index in [0.29, 0.717) is 6.61 Å². The van der Waals surface area contributed by atoms with Crippen LogP contribution < -0.4 is 15.8 Å². The number of nitrogens with two attached hydrogens (primary N) is 1. The molecule has 1 atom stereocenters. The Kier molecular flexibility index (Phi) is 7.23. The predicted molar refractivity (Wildman–Crippen MR) is 86.4 cm³/mol. The van der Waals surface area contributed by atoms with E-state index in [9.17, 15) is 4.79 Å².